The highest BCUT2D eigenvalue weighted by molar-refractivity contribution is 7.98. The van der Waals surface area contributed by atoms with Crippen LogP contribution >= 0.6 is 23.1 Å². The lowest BCUT2D eigenvalue weighted by Gasteiger charge is -2.12. The molecule has 0 aliphatic rings. The summed E-state index contributed by atoms with van der Waals surface area (Å²) >= 11 is 1.98. The quantitative estimate of drug-likeness (QED) is 0.328. The van der Waals surface area contributed by atoms with E-state index in [0.29, 0.717) is 17.4 Å². The molecule has 3 rings (SSSR count). The molecule has 0 saturated heterocycles. The zero-order chi connectivity index (χ0) is 23.3. The Balaban J connectivity index is 2.02. The average molecular weight is 483 g/mol. The molecule has 0 bridgehead atoms. The molecular formula is C20H17F3N4O3S2. The Morgan fingerprint density at radius 3 is 2.75 bits per heavy atom. The van der Waals surface area contributed by atoms with Crippen molar-refractivity contribution in [1.82, 2.24) is 9.97 Å². The van der Waals surface area contributed by atoms with E-state index >= 15 is 0 Å². The van der Waals surface area contributed by atoms with Crippen molar-refractivity contribution < 1.29 is 27.1 Å². The number of hydrogen-bond acceptors (Lipinski definition) is 9. The highest BCUT2D eigenvalue weighted by Gasteiger charge is 2.35. The van der Waals surface area contributed by atoms with Crippen LogP contribution in [0.4, 0.5) is 18.3 Å². The summed E-state index contributed by atoms with van der Waals surface area (Å²) < 4.78 is 50.7. The lowest BCUT2D eigenvalue weighted by atomic mass is 10.1. The lowest BCUT2D eigenvalue weighted by molar-refractivity contribution is -0.141. The Hall–Kier alpha value is -3.04. The molecule has 0 aliphatic carbocycles. The number of anilines is 1. The number of carbonyl (C=O) groups is 1. The van der Waals surface area contributed by atoms with E-state index in [1.165, 1.54) is 18.4 Å². The molecule has 32 heavy (non-hydrogen) atoms. The van der Waals surface area contributed by atoms with Crippen molar-refractivity contribution in [2.75, 3.05) is 18.5 Å². The summed E-state index contributed by atoms with van der Waals surface area (Å²) in [7, 11) is 0. The number of alkyl halides is 3. The maximum atomic E-state index is 13.5. The predicted molar refractivity (Wildman–Crippen MR) is 113 cm³/mol. The van der Waals surface area contributed by atoms with Gasteiger partial charge < -0.3 is 14.5 Å². The summed E-state index contributed by atoms with van der Waals surface area (Å²) in [6.45, 7) is 4.27. The van der Waals surface area contributed by atoms with Gasteiger partial charge in [0.25, 0.3) is 0 Å². The second kappa shape index (κ2) is 10.1. The third kappa shape index (κ3) is 5.23. The van der Waals surface area contributed by atoms with Gasteiger partial charge in [0.2, 0.25) is 0 Å². The minimum absolute atomic E-state index is 0.0105. The Morgan fingerprint density at radius 1 is 1.38 bits per heavy atom. The van der Waals surface area contributed by atoms with Crippen LogP contribution in [0.15, 0.2) is 33.9 Å². The molecule has 0 radical (unpaired) electrons. The van der Waals surface area contributed by atoms with Gasteiger partial charge in [-0.05, 0) is 32.0 Å². The molecule has 0 atom stereocenters. The molecule has 3 aromatic rings. The van der Waals surface area contributed by atoms with Crippen molar-refractivity contribution in [3.05, 3.63) is 46.3 Å². The van der Waals surface area contributed by atoms with Crippen LogP contribution in [-0.2, 0) is 16.7 Å². The molecule has 12 heteroatoms. The summed E-state index contributed by atoms with van der Waals surface area (Å²) in [5.41, 5.74) is -0.892. The van der Waals surface area contributed by atoms with Crippen molar-refractivity contribution in [3.8, 4) is 17.4 Å². The highest BCUT2D eigenvalue weighted by atomic mass is 32.2. The SMILES string of the molecule is CCNc1nc(CSc2nc(C(F)(F)F)cc(-c3ccco3)c2C#N)c(C(=O)OCC)s1. The number of rotatable bonds is 8. The number of ether oxygens (including phenoxy) is 1. The van der Waals surface area contributed by atoms with Crippen LogP contribution < -0.4 is 5.32 Å². The molecule has 3 heterocycles. The normalized spacial score (nSPS) is 11.2. The highest BCUT2D eigenvalue weighted by Crippen LogP contribution is 2.38. The molecule has 0 aromatic carbocycles. The van der Waals surface area contributed by atoms with Crippen molar-refractivity contribution in [1.29, 1.82) is 5.26 Å². The van der Waals surface area contributed by atoms with Gasteiger partial charge in [-0.25, -0.2) is 14.8 Å². The lowest BCUT2D eigenvalue weighted by Crippen LogP contribution is -2.10. The summed E-state index contributed by atoms with van der Waals surface area (Å²) in [5.74, 6) is -0.443. The fraction of sp³-hybridized carbons (Fsp3) is 0.300. The molecule has 7 nitrogen and oxygen atoms in total. The Kier molecular flexibility index (Phi) is 7.42. The monoisotopic (exact) mass is 482 g/mol. The average Bonchev–Trinajstić information content (AvgIpc) is 3.41. The van der Waals surface area contributed by atoms with Crippen molar-refractivity contribution in [3.63, 3.8) is 0 Å². The number of pyridine rings is 1. The Bertz CT molecular complexity index is 1140. The van der Waals surface area contributed by atoms with Crippen LogP contribution in [0.5, 0.6) is 0 Å². The predicted octanol–water partition coefficient (Wildman–Crippen LogP) is 5.59. The zero-order valence-corrected chi connectivity index (χ0v) is 18.6. The summed E-state index contributed by atoms with van der Waals surface area (Å²) in [6, 6.07) is 5.69. The fourth-order valence-corrected chi connectivity index (χ4v) is 4.65. The first-order valence-corrected chi connectivity index (χ1v) is 11.2. The third-order valence-electron chi connectivity index (χ3n) is 4.01. The van der Waals surface area contributed by atoms with Crippen LogP contribution in [0.1, 0.15) is 40.5 Å². The first-order valence-electron chi connectivity index (χ1n) is 9.38. The molecule has 0 fully saturated rings. The molecule has 168 valence electrons. The number of esters is 1. The van der Waals surface area contributed by atoms with E-state index < -0.39 is 17.8 Å². The molecule has 0 spiro atoms. The van der Waals surface area contributed by atoms with Crippen LogP contribution in [0.3, 0.4) is 0 Å². The standard InChI is InChI=1S/C20H17F3N4O3S2/c1-3-25-19-26-13(16(32-19)18(28)29-4-2)10-31-17-12(9-24)11(14-6-5-7-30-14)8-15(27-17)20(21,22)23/h5-8H,3-4,10H2,1-2H3,(H,25,26). The molecule has 0 amide bonds. The maximum absolute atomic E-state index is 13.5. The van der Waals surface area contributed by atoms with Crippen LogP contribution in [0.25, 0.3) is 11.3 Å². The van der Waals surface area contributed by atoms with Gasteiger partial charge in [0.1, 0.15) is 27.4 Å². The van der Waals surface area contributed by atoms with E-state index in [2.05, 4.69) is 15.3 Å². The number of nitriles is 1. The van der Waals surface area contributed by atoms with Gasteiger partial charge in [0.15, 0.2) is 5.13 Å². The van der Waals surface area contributed by atoms with Gasteiger partial charge in [-0.15, -0.1) is 0 Å². The zero-order valence-electron chi connectivity index (χ0n) is 16.9. The minimum atomic E-state index is -4.72. The largest absolute Gasteiger partial charge is 0.464 e. The first-order chi connectivity index (χ1) is 15.3. The van der Waals surface area contributed by atoms with Crippen LogP contribution in [0.2, 0.25) is 0 Å². The number of nitrogens with zero attached hydrogens (tertiary/aromatic N) is 3. The van der Waals surface area contributed by atoms with E-state index in [4.69, 9.17) is 9.15 Å². The van der Waals surface area contributed by atoms with E-state index in [-0.39, 0.29) is 39.1 Å². The number of aromatic nitrogens is 2. The topological polar surface area (TPSA) is 101 Å². The molecular weight excluding hydrogens is 465 g/mol. The second-order valence-corrected chi connectivity index (χ2v) is 8.12. The summed E-state index contributed by atoms with van der Waals surface area (Å²) in [5, 5.41) is 13.0. The van der Waals surface area contributed by atoms with Gasteiger partial charge in [0, 0.05) is 17.9 Å². The van der Waals surface area contributed by atoms with Crippen molar-refractivity contribution in [2.45, 2.75) is 30.8 Å². The number of carbonyl (C=O) groups excluding carboxylic acids is 1. The Labute approximate surface area is 189 Å². The van der Waals surface area contributed by atoms with E-state index in [1.54, 1.807) is 6.92 Å². The number of hydrogen-bond donors (Lipinski definition) is 1. The van der Waals surface area contributed by atoms with Crippen LogP contribution in [0, 0.1) is 11.3 Å². The third-order valence-corrected chi connectivity index (χ3v) is 6.03. The molecule has 0 unspecified atom stereocenters. The van der Waals surface area contributed by atoms with Gasteiger partial charge >= 0.3 is 12.1 Å². The van der Waals surface area contributed by atoms with Crippen molar-refractivity contribution >= 4 is 34.2 Å². The number of thiazole rings is 1. The molecule has 1 N–H and O–H groups in total. The van der Waals surface area contributed by atoms with Gasteiger partial charge in [0.05, 0.1) is 24.1 Å². The van der Waals surface area contributed by atoms with E-state index in [0.717, 1.165) is 29.2 Å². The second-order valence-electron chi connectivity index (χ2n) is 6.16. The molecule has 3 aromatic heterocycles. The number of furan rings is 1. The van der Waals surface area contributed by atoms with Gasteiger partial charge in [-0.2, -0.15) is 18.4 Å². The number of thioether (sulfide) groups is 1. The number of nitrogens with one attached hydrogen (secondary N) is 1. The number of halogens is 3. The van der Waals surface area contributed by atoms with E-state index in [9.17, 15) is 23.2 Å². The summed E-state index contributed by atoms with van der Waals surface area (Å²) in [6.07, 6.45) is -3.42. The minimum Gasteiger partial charge on any atom is -0.464 e. The van der Waals surface area contributed by atoms with Crippen LogP contribution in [-0.4, -0.2) is 29.1 Å². The maximum Gasteiger partial charge on any atom is 0.433 e. The smallest absolute Gasteiger partial charge is 0.433 e. The molecule has 0 aliphatic heterocycles. The first kappa shape index (κ1) is 23.6. The van der Waals surface area contributed by atoms with E-state index in [1.807, 2.05) is 13.0 Å². The Morgan fingerprint density at radius 2 is 2.16 bits per heavy atom. The van der Waals surface area contributed by atoms with Crippen molar-refractivity contribution in [2.24, 2.45) is 0 Å². The molecule has 0 saturated carbocycles. The van der Waals surface area contributed by atoms with Gasteiger partial charge in [-0.3, -0.25) is 0 Å². The fourth-order valence-electron chi connectivity index (χ4n) is 2.67. The van der Waals surface area contributed by atoms with Gasteiger partial charge in [-0.1, -0.05) is 23.1 Å². The summed E-state index contributed by atoms with van der Waals surface area (Å²) in [4.78, 5) is 20.6.